The van der Waals surface area contributed by atoms with Crippen LogP contribution in [0, 0.1) is 6.92 Å². The van der Waals surface area contributed by atoms with Gasteiger partial charge in [0.15, 0.2) is 0 Å². The van der Waals surface area contributed by atoms with Crippen LogP contribution < -0.4 is 4.74 Å². The van der Waals surface area contributed by atoms with Gasteiger partial charge in [0.05, 0.1) is 24.4 Å². The number of pyridine rings is 1. The van der Waals surface area contributed by atoms with Crippen molar-refractivity contribution in [3.05, 3.63) is 52.3 Å². The highest BCUT2D eigenvalue weighted by molar-refractivity contribution is 9.10. The summed E-state index contributed by atoms with van der Waals surface area (Å²) in [5.41, 5.74) is 4.97. The Morgan fingerprint density at radius 2 is 2.00 bits per heavy atom. The Morgan fingerprint density at radius 3 is 2.62 bits per heavy atom. The standard InChI is InChI=1S/C16H14BrClN2O/c1-10-7-15-19-16(11-3-5-12(21-2)6-4-11)14(8-18)20(15)9-13(10)17/h3-7,9H,8H2,1-2H3. The number of fused-ring (bicyclic) bond motifs is 1. The number of hydrogen-bond acceptors (Lipinski definition) is 2. The number of ether oxygens (including phenoxy) is 1. The van der Waals surface area contributed by atoms with Crippen LogP contribution in [0.15, 0.2) is 41.0 Å². The number of benzene rings is 1. The van der Waals surface area contributed by atoms with E-state index in [0.717, 1.165) is 38.4 Å². The molecule has 0 aliphatic carbocycles. The molecule has 0 aliphatic rings. The third-order valence-corrected chi connectivity index (χ3v) is 4.58. The van der Waals surface area contributed by atoms with E-state index in [2.05, 4.69) is 15.9 Å². The summed E-state index contributed by atoms with van der Waals surface area (Å²) in [5.74, 6) is 1.23. The number of halogens is 2. The summed E-state index contributed by atoms with van der Waals surface area (Å²) in [6.07, 6.45) is 2.02. The summed E-state index contributed by atoms with van der Waals surface area (Å²) in [4.78, 5) is 4.73. The Balaban J connectivity index is 2.21. The normalized spacial score (nSPS) is 11.0. The third kappa shape index (κ3) is 2.54. The van der Waals surface area contributed by atoms with E-state index >= 15 is 0 Å². The van der Waals surface area contributed by atoms with Gasteiger partial charge in [0, 0.05) is 16.2 Å². The van der Waals surface area contributed by atoms with Crippen LogP contribution in [-0.4, -0.2) is 16.5 Å². The molecule has 0 saturated carbocycles. The lowest BCUT2D eigenvalue weighted by molar-refractivity contribution is 0.415. The van der Waals surface area contributed by atoms with Gasteiger partial charge in [0.2, 0.25) is 0 Å². The van der Waals surface area contributed by atoms with Gasteiger partial charge in [-0.05, 0) is 58.7 Å². The predicted molar refractivity (Wildman–Crippen MR) is 89.2 cm³/mol. The van der Waals surface area contributed by atoms with E-state index in [-0.39, 0.29) is 0 Å². The number of rotatable bonds is 3. The molecule has 0 atom stereocenters. The van der Waals surface area contributed by atoms with Gasteiger partial charge in [-0.25, -0.2) is 4.98 Å². The van der Waals surface area contributed by atoms with Gasteiger partial charge < -0.3 is 9.14 Å². The first-order chi connectivity index (χ1) is 10.1. The molecule has 5 heteroatoms. The highest BCUT2D eigenvalue weighted by Crippen LogP contribution is 2.29. The summed E-state index contributed by atoms with van der Waals surface area (Å²) >= 11 is 9.71. The van der Waals surface area contributed by atoms with Crippen LogP contribution in [-0.2, 0) is 5.88 Å². The molecule has 21 heavy (non-hydrogen) atoms. The maximum absolute atomic E-state index is 6.15. The SMILES string of the molecule is COc1ccc(-c2nc3cc(C)c(Br)cn3c2CCl)cc1. The minimum Gasteiger partial charge on any atom is -0.497 e. The smallest absolute Gasteiger partial charge is 0.138 e. The molecule has 0 spiro atoms. The van der Waals surface area contributed by atoms with Crippen LogP contribution in [0.1, 0.15) is 11.3 Å². The molecule has 2 heterocycles. The van der Waals surface area contributed by atoms with Crippen molar-refractivity contribution >= 4 is 33.2 Å². The van der Waals surface area contributed by atoms with E-state index in [1.165, 1.54) is 0 Å². The van der Waals surface area contributed by atoms with E-state index in [4.69, 9.17) is 21.3 Å². The molecular weight excluding hydrogens is 352 g/mol. The van der Waals surface area contributed by atoms with Crippen molar-refractivity contribution in [2.24, 2.45) is 0 Å². The van der Waals surface area contributed by atoms with Gasteiger partial charge in [-0.1, -0.05) is 0 Å². The fraction of sp³-hybridized carbons (Fsp3) is 0.188. The number of imidazole rings is 1. The summed E-state index contributed by atoms with van der Waals surface area (Å²) in [5, 5.41) is 0. The second-order valence-electron chi connectivity index (χ2n) is 4.80. The minimum absolute atomic E-state index is 0.401. The summed E-state index contributed by atoms with van der Waals surface area (Å²) < 4.78 is 8.27. The lowest BCUT2D eigenvalue weighted by Crippen LogP contribution is -1.92. The van der Waals surface area contributed by atoms with Crippen LogP contribution in [0.2, 0.25) is 0 Å². The summed E-state index contributed by atoms with van der Waals surface area (Å²) in [6, 6.07) is 9.90. The molecule has 3 aromatic rings. The zero-order valence-electron chi connectivity index (χ0n) is 11.7. The Bertz CT molecular complexity index is 796. The highest BCUT2D eigenvalue weighted by atomic mass is 79.9. The molecule has 0 unspecified atom stereocenters. The van der Waals surface area contributed by atoms with Crippen molar-refractivity contribution in [2.45, 2.75) is 12.8 Å². The van der Waals surface area contributed by atoms with Crippen molar-refractivity contribution in [3.63, 3.8) is 0 Å². The van der Waals surface area contributed by atoms with Crippen molar-refractivity contribution < 1.29 is 4.74 Å². The Kier molecular flexibility index (Phi) is 3.91. The maximum atomic E-state index is 6.15. The fourth-order valence-corrected chi connectivity index (χ4v) is 2.89. The van der Waals surface area contributed by atoms with E-state index in [9.17, 15) is 0 Å². The van der Waals surface area contributed by atoms with Crippen molar-refractivity contribution in [1.82, 2.24) is 9.38 Å². The maximum Gasteiger partial charge on any atom is 0.138 e. The first kappa shape index (κ1) is 14.4. The first-order valence-electron chi connectivity index (χ1n) is 6.51. The van der Waals surface area contributed by atoms with Gasteiger partial charge in [0.1, 0.15) is 11.4 Å². The van der Waals surface area contributed by atoms with Crippen LogP contribution in [0.4, 0.5) is 0 Å². The third-order valence-electron chi connectivity index (χ3n) is 3.49. The molecule has 108 valence electrons. The van der Waals surface area contributed by atoms with Gasteiger partial charge in [0.25, 0.3) is 0 Å². The lowest BCUT2D eigenvalue weighted by atomic mass is 10.1. The number of methoxy groups -OCH3 is 1. The minimum atomic E-state index is 0.401. The monoisotopic (exact) mass is 364 g/mol. The Hall–Kier alpha value is -1.52. The molecule has 0 amide bonds. The fourth-order valence-electron chi connectivity index (χ4n) is 2.32. The number of alkyl halides is 1. The average molecular weight is 366 g/mol. The zero-order chi connectivity index (χ0) is 15.0. The van der Waals surface area contributed by atoms with Crippen LogP contribution >= 0.6 is 27.5 Å². The molecule has 2 aromatic heterocycles. The molecule has 0 radical (unpaired) electrons. The van der Waals surface area contributed by atoms with Gasteiger partial charge in [-0.2, -0.15) is 0 Å². The summed E-state index contributed by atoms with van der Waals surface area (Å²) in [6.45, 7) is 2.05. The number of aromatic nitrogens is 2. The van der Waals surface area contributed by atoms with Gasteiger partial charge >= 0.3 is 0 Å². The second-order valence-corrected chi connectivity index (χ2v) is 5.92. The lowest BCUT2D eigenvalue weighted by Gasteiger charge is -2.04. The second kappa shape index (κ2) is 5.70. The number of aryl methyl sites for hydroxylation is 1. The van der Waals surface area contributed by atoms with Gasteiger partial charge in [-0.3, -0.25) is 0 Å². The molecule has 3 rings (SSSR count). The van der Waals surface area contributed by atoms with E-state index in [0.29, 0.717) is 5.88 Å². The molecule has 1 aromatic carbocycles. The number of nitrogens with zero attached hydrogens (tertiary/aromatic N) is 2. The highest BCUT2D eigenvalue weighted by Gasteiger charge is 2.14. The summed E-state index contributed by atoms with van der Waals surface area (Å²) in [7, 11) is 1.66. The van der Waals surface area contributed by atoms with Crippen LogP contribution in [0.5, 0.6) is 5.75 Å². The Morgan fingerprint density at radius 1 is 1.29 bits per heavy atom. The number of hydrogen-bond donors (Lipinski definition) is 0. The molecule has 0 aliphatic heterocycles. The quantitative estimate of drug-likeness (QED) is 0.622. The van der Waals surface area contributed by atoms with Gasteiger partial charge in [-0.15, -0.1) is 11.6 Å². The topological polar surface area (TPSA) is 26.5 Å². The van der Waals surface area contributed by atoms with E-state index in [1.807, 2.05) is 47.9 Å². The van der Waals surface area contributed by atoms with Crippen molar-refractivity contribution in [3.8, 4) is 17.0 Å². The molecular formula is C16H14BrClN2O. The van der Waals surface area contributed by atoms with Crippen LogP contribution in [0.25, 0.3) is 16.9 Å². The molecule has 3 nitrogen and oxygen atoms in total. The molecule has 0 saturated heterocycles. The Labute approximate surface area is 136 Å². The van der Waals surface area contributed by atoms with E-state index in [1.54, 1.807) is 7.11 Å². The molecule has 0 bridgehead atoms. The van der Waals surface area contributed by atoms with Crippen molar-refractivity contribution in [1.29, 1.82) is 0 Å². The molecule has 0 fully saturated rings. The van der Waals surface area contributed by atoms with E-state index < -0.39 is 0 Å². The molecule has 0 N–H and O–H groups in total. The predicted octanol–water partition coefficient (Wildman–Crippen LogP) is 4.82. The first-order valence-corrected chi connectivity index (χ1v) is 7.84. The van der Waals surface area contributed by atoms with Crippen molar-refractivity contribution in [2.75, 3.05) is 7.11 Å². The largest absolute Gasteiger partial charge is 0.497 e. The zero-order valence-corrected chi connectivity index (χ0v) is 14.1. The average Bonchev–Trinajstić information content (AvgIpc) is 2.85. The van der Waals surface area contributed by atoms with Crippen LogP contribution in [0.3, 0.4) is 0 Å².